The van der Waals surface area contributed by atoms with Gasteiger partial charge in [0.15, 0.2) is 0 Å². The molecule has 0 aliphatic heterocycles. The number of aryl methyl sites for hydroxylation is 1. The highest BCUT2D eigenvalue weighted by atomic mass is 16.5. The lowest BCUT2D eigenvalue weighted by atomic mass is 10.1. The third kappa shape index (κ3) is 5.54. The van der Waals surface area contributed by atoms with Crippen molar-refractivity contribution in [3.63, 3.8) is 0 Å². The van der Waals surface area contributed by atoms with Crippen LogP contribution in [0.5, 0.6) is 0 Å². The van der Waals surface area contributed by atoms with Crippen LogP contribution in [-0.2, 0) is 11.2 Å². The number of anilines is 1. The minimum Gasteiger partial charge on any atom is -0.478 e. The van der Waals surface area contributed by atoms with E-state index in [9.17, 15) is 9.90 Å². The molecule has 0 aliphatic rings. The van der Waals surface area contributed by atoms with Crippen LogP contribution in [-0.4, -0.2) is 47.5 Å². The van der Waals surface area contributed by atoms with E-state index < -0.39 is 12.1 Å². The first-order valence-corrected chi connectivity index (χ1v) is 6.72. The largest absolute Gasteiger partial charge is 0.478 e. The SMILES string of the molecule is CCCc1cc(C(=O)O)cc(NCCC(O)COC)n1. The van der Waals surface area contributed by atoms with Crippen LogP contribution >= 0.6 is 0 Å². The van der Waals surface area contributed by atoms with Crippen molar-refractivity contribution in [2.24, 2.45) is 0 Å². The van der Waals surface area contributed by atoms with Crippen LogP contribution < -0.4 is 5.32 Å². The number of nitrogens with one attached hydrogen (secondary N) is 1. The molecule has 112 valence electrons. The van der Waals surface area contributed by atoms with E-state index in [0.717, 1.165) is 18.5 Å². The summed E-state index contributed by atoms with van der Waals surface area (Å²) in [6.07, 6.45) is 1.62. The molecule has 0 saturated carbocycles. The summed E-state index contributed by atoms with van der Waals surface area (Å²) in [6, 6.07) is 3.10. The fourth-order valence-electron chi connectivity index (χ4n) is 1.83. The van der Waals surface area contributed by atoms with E-state index in [4.69, 9.17) is 9.84 Å². The smallest absolute Gasteiger partial charge is 0.335 e. The topological polar surface area (TPSA) is 91.7 Å². The quantitative estimate of drug-likeness (QED) is 0.636. The maximum absolute atomic E-state index is 11.1. The average Bonchev–Trinajstić information content (AvgIpc) is 2.39. The number of hydrogen-bond acceptors (Lipinski definition) is 5. The molecule has 6 heteroatoms. The van der Waals surface area contributed by atoms with Crippen molar-refractivity contribution < 1.29 is 19.7 Å². The summed E-state index contributed by atoms with van der Waals surface area (Å²) >= 11 is 0. The second-order valence-corrected chi connectivity index (χ2v) is 4.61. The van der Waals surface area contributed by atoms with Crippen molar-refractivity contribution >= 4 is 11.8 Å². The van der Waals surface area contributed by atoms with E-state index in [0.29, 0.717) is 18.8 Å². The normalized spacial score (nSPS) is 12.2. The highest BCUT2D eigenvalue weighted by molar-refractivity contribution is 5.88. The number of carboxylic acid groups (broad SMARTS) is 1. The molecule has 1 heterocycles. The Hall–Kier alpha value is -1.66. The zero-order valence-corrected chi connectivity index (χ0v) is 11.9. The zero-order chi connectivity index (χ0) is 15.0. The summed E-state index contributed by atoms with van der Waals surface area (Å²) in [4.78, 5) is 15.4. The van der Waals surface area contributed by atoms with Crippen molar-refractivity contribution in [1.82, 2.24) is 4.98 Å². The molecule has 0 amide bonds. The molecule has 1 atom stereocenters. The van der Waals surface area contributed by atoms with Gasteiger partial charge in [-0.2, -0.15) is 0 Å². The third-order valence-corrected chi connectivity index (χ3v) is 2.77. The van der Waals surface area contributed by atoms with E-state index in [-0.39, 0.29) is 12.2 Å². The van der Waals surface area contributed by atoms with Gasteiger partial charge >= 0.3 is 5.97 Å². The van der Waals surface area contributed by atoms with Crippen molar-refractivity contribution in [3.8, 4) is 0 Å². The summed E-state index contributed by atoms with van der Waals surface area (Å²) in [5.74, 6) is -0.440. The van der Waals surface area contributed by atoms with Gasteiger partial charge in [-0.3, -0.25) is 0 Å². The van der Waals surface area contributed by atoms with Gasteiger partial charge in [-0.05, 0) is 25.0 Å². The standard InChI is InChI=1S/C14H22N2O4/c1-3-4-11-7-10(14(18)19)8-13(16-11)15-6-5-12(17)9-20-2/h7-8,12,17H,3-6,9H2,1-2H3,(H,15,16)(H,18,19). The molecule has 1 rings (SSSR count). The van der Waals surface area contributed by atoms with E-state index in [1.165, 1.54) is 13.2 Å². The predicted molar refractivity (Wildman–Crippen MR) is 76.2 cm³/mol. The molecular weight excluding hydrogens is 260 g/mol. The Bertz CT molecular complexity index is 437. The lowest BCUT2D eigenvalue weighted by Gasteiger charge is -2.12. The van der Waals surface area contributed by atoms with Gasteiger partial charge in [0.1, 0.15) is 5.82 Å². The summed E-state index contributed by atoms with van der Waals surface area (Å²) in [6.45, 7) is 2.81. The van der Waals surface area contributed by atoms with Crippen molar-refractivity contribution in [1.29, 1.82) is 0 Å². The molecule has 1 aromatic heterocycles. The number of hydrogen-bond donors (Lipinski definition) is 3. The van der Waals surface area contributed by atoms with Crippen LogP contribution in [0.3, 0.4) is 0 Å². The third-order valence-electron chi connectivity index (χ3n) is 2.77. The minimum absolute atomic E-state index is 0.225. The van der Waals surface area contributed by atoms with E-state index >= 15 is 0 Å². The molecule has 1 unspecified atom stereocenters. The Morgan fingerprint density at radius 2 is 2.25 bits per heavy atom. The second-order valence-electron chi connectivity index (χ2n) is 4.61. The molecule has 3 N–H and O–H groups in total. The second kappa shape index (κ2) is 8.50. The molecule has 0 saturated heterocycles. The van der Waals surface area contributed by atoms with Crippen molar-refractivity contribution in [3.05, 3.63) is 23.4 Å². The monoisotopic (exact) mass is 282 g/mol. The van der Waals surface area contributed by atoms with Crippen LogP contribution in [0, 0.1) is 0 Å². The van der Waals surface area contributed by atoms with Crippen LogP contribution in [0.4, 0.5) is 5.82 Å². The number of aromatic carboxylic acids is 1. The highest BCUT2D eigenvalue weighted by Gasteiger charge is 2.09. The summed E-state index contributed by atoms with van der Waals surface area (Å²) in [7, 11) is 1.53. The number of carbonyl (C=O) groups is 1. The first-order chi connectivity index (χ1) is 9.56. The maximum atomic E-state index is 11.1. The number of ether oxygens (including phenoxy) is 1. The first-order valence-electron chi connectivity index (χ1n) is 6.72. The summed E-state index contributed by atoms with van der Waals surface area (Å²) in [5, 5.41) is 21.6. The van der Waals surface area contributed by atoms with Crippen LogP contribution in [0.2, 0.25) is 0 Å². The molecule has 0 radical (unpaired) electrons. The molecular formula is C14H22N2O4. The lowest BCUT2D eigenvalue weighted by molar-refractivity contribution is 0.0615. The van der Waals surface area contributed by atoms with Crippen LogP contribution in [0.25, 0.3) is 0 Å². The van der Waals surface area contributed by atoms with Crippen LogP contribution in [0.15, 0.2) is 12.1 Å². The Morgan fingerprint density at radius 1 is 1.50 bits per heavy atom. The van der Waals surface area contributed by atoms with Gasteiger partial charge in [0.05, 0.1) is 18.3 Å². The number of nitrogens with zero attached hydrogens (tertiary/aromatic N) is 1. The molecule has 0 aromatic carbocycles. The summed E-state index contributed by atoms with van der Waals surface area (Å²) in [5.41, 5.74) is 0.982. The first kappa shape index (κ1) is 16.4. The number of rotatable bonds is 9. The van der Waals surface area contributed by atoms with Gasteiger partial charge in [0.25, 0.3) is 0 Å². The fraction of sp³-hybridized carbons (Fsp3) is 0.571. The van der Waals surface area contributed by atoms with E-state index in [1.807, 2.05) is 6.92 Å². The fourth-order valence-corrected chi connectivity index (χ4v) is 1.83. The molecule has 6 nitrogen and oxygen atoms in total. The molecule has 1 aromatic rings. The number of aliphatic hydroxyl groups excluding tert-OH is 1. The number of aromatic nitrogens is 1. The Morgan fingerprint density at radius 3 is 2.85 bits per heavy atom. The predicted octanol–water partition coefficient (Wildman–Crippen LogP) is 1.54. The van der Waals surface area contributed by atoms with Gasteiger partial charge < -0.3 is 20.3 Å². The average molecular weight is 282 g/mol. The highest BCUT2D eigenvalue weighted by Crippen LogP contribution is 2.12. The Labute approximate surface area is 118 Å². The van der Waals surface area contributed by atoms with Crippen LogP contribution in [0.1, 0.15) is 35.8 Å². The van der Waals surface area contributed by atoms with Gasteiger partial charge in [-0.1, -0.05) is 13.3 Å². The summed E-state index contributed by atoms with van der Waals surface area (Å²) < 4.78 is 4.84. The van der Waals surface area contributed by atoms with Crippen molar-refractivity contribution in [2.75, 3.05) is 25.6 Å². The Kier molecular flexibility index (Phi) is 6.97. The number of carboxylic acids is 1. The van der Waals surface area contributed by atoms with Gasteiger partial charge in [0.2, 0.25) is 0 Å². The number of aliphatic hydroxyl groups is 1. The Balaban J connectivity index is 2.66. The minimum atomic E-state index is -0.966. The van der Waals surface area contributed by atoms with Crippen molar-refractivity contribution in [2.45, 2.75) is 32.3 Å². The molecule has 0 fully saturated rings. The van der Waals surface area contributed by atoms with E-state index in [1.54, 1.807) is 6.07 Å². The molecule has 0 aliphatic carbocycles. The number of methoxy groups -OCH3 is 1. The molecule has 20 heavy (non-hydrogen) atoms. The maximum Gasteiger partial charge on any atom is 0.335 e. The lowest BCUT2D eigenvalue weighted by Crippen LogP contribution is -2.19. The zero-order valence-electron chi connectivity index (χ0n) is 11.9. The van der Waals surface area contributed by atoms with Gasteiger partial charge in [-0.25, -0.2) is 9.78 Å². The molecule has 0 bridgehead atoms. The van der Waals surface area contributed by atoms with Gasteiger partial charge in [0, 0.05) is 19.3 Å². The number of pyridine rings is 1. The van der Waals surface area contributed by atoms with Gasteiger partial charge in [-0.15, -0.1) is 0 Å². The van der Waals surface area contributed by atoms with E-state index in [2.05, 4.69) is 10.3 Å². The molecule has 0 spiro atoms.